The largest absolute Gasteiger partial charge is 0.478 e. The summed E-state index contributed by atoms with van der Waals surface area (Å²) in [6, 6.07) is 11.9. The first-order valence-electron chi connectivity index (χ1n) is 5.03. The van der Waals surface area contributed by atoms with Gasteiger partial charge in [-0.15, -0.1) is 0 Å². The first-order valence-corrected chi connectivity index (χ1v) is 5.79. The SMILES string of the molecule is O=C(O)c1c(Cl)cc(Oc2ccccc2)cc1Cl. The van der Waals surface area contributed by atoms with Crippen LogP contribution in [-0.4, -0.2) is 11.1 Å². The van der Waals surface area contributed by atoms with E-state index in [2.05, 4.69) is 0 Å². The van der Waals surface area contributed by atoms with Gasteiger partial charge in [-0.1, -0.05) is 41.4 Å². The van der Waals surface area contributed by atoms with Crippen molar-refractivity contribution < 1.29 is 14.6 Å². The molecule has 0 heterocycles. The van der Waals surface area contributed by atoms with Crippen molar-refractivity contribution in [3.63, 3.8) is 0 Å². The Morgan fingerprint density at radius 2 is 1.56 bits per heavy atom. The van der Waals surface area contributed by atoms with Crippen LogP contribution in [0, 0.1) is 0 Å². The summed E-state index contributed by atoms with van der Waals surface area (Å²) in [5.74, 6) is -0.162. The van der Waals surface area contributed by atoms with Gasteiger partial charge in [-0.2, -0.15) is 0 Å². The topological polar surface area (TPSA) is 46.5 Å². The zero-order valence-electron chi connectivity index (χ0n) is 9.06. The fourth-order valence-electron chi connectivity index (χ4n) is 1.44. The van der Waals surface area contributed by atoms with Crippen molar-refractivity contribution in [2.75, 3.05) is 0 Å². The van der Waals surface area contributed by atoms with E-state index in [0.29, 0.717) is 11.5 Å². The summed E-state index contributed by atoms with van der Waals surface area (Å²) >= 11 is 11.7. The number of rotatable bonds is 3. The number of carbonyl (C=O) groups is 1. The van der Waals surface area contributed by atoms with Crippen molar-refractivity contribution in [3.05, 3.63) is 58.1 Å². The molecule has 0 amide bonds. The monoisotopic (exact) mass is 282 g/mol. The lowest BCUT2D eigenvalue weighted by atomic mass is 10.2. The lowest BCUT2D eigenvalue weighted by Gasteiger charge is -2.08. The van der Waals surface area contributed by atoms with Gasteiger partial charge >= 0.3 is 5.97 Å². The summed E-state index contributed by atoms with van der Waals surface area (Å²) in [4.78, 5) is 10.9. The van der Waals surface area contributed by atoms with Crippen LogP contribution in [-0.2, 0) is 0 Å². The van der Waals surface area contributed by atoms with Crippen LogP contribution in [0.3, 0.4) is 0 Å². The van der Waals surface area contributed by atoms with E-state index in [1.165, 1.54) is 12.1 Å². The number of halogens is 2. The Kier molecular flexibility index (Phi) is 3.75. The second-order valence-corrected chi connectivity index (χ2v) is 4.30. The molecule has 0 saturated carbocycles. The highest BCUT2D eigenvalue weighted by atomic mass is 35.5. The van der Waals surface area contributed by atoms with Crippen LogP contribution in [0.4, 0.5) is 0 Å². The number of aromatic carboxylic acids is 1. The molecule has 0 fully saturated rings. The molecule has 2 aromatic rings. The van der Waals surface area contributed by atoms with Gasteiger partial charge in [-0.25, -0.2) is 4.79 Å². The van der Waals surface area contributed by atoms with Gasteiger partial charge in [0.15, 0.2) is 0 Å². The van der Waals surface area contributed by atoms with E-state index in [1.54, 1.807) is 12.1 Å². The van der Waals surface area contributed by atoms with Crippen molar-refractivity contribution in [1.29, 1.82) is 0 Å². The molecule has 18 heavy (non-hydrogen) atoms. The number of carboxylic acid groups (broad SMARTS) is 1. The number of para-hydroxylation sites is 1. The van der Waals surface area contributed by atoms with Gasteiger partial charge in [0.25, 0.3) is 0 Å². The van der Waals surface area contributed by atoms with Crippen molar-refractivity contribution in [1.82, 2.24) is 0 Å². The molecule has 0 radical (unpaired) electrons. The van der Waals surface area contributed by atoms with Crippen LogP contribution in [0.2, 0.25) is 10.0 Å². The summed E-state index contributed by atoms with van der Waals surface area (Å²) in [5.41, 5.74) is -0.126. The van der Waals surface area contributed by atoms with E-state index in [4.69, 9.17) is 33.0 Å². The zero-order valence-corrected chi connectivity index (χ0v) is 10.6. The van der Waals surface area contributed by atoms with E-state index in [1.807, 2.05) is 18.2 Å². The minimum Gasteiger partial charge on any atom is -0.478 e. The van der Waals surface area contributed by atoms with E-state index in [0.717, 1.165) is 0 Å². The average Bonchev–Trinajstić information content (AvgIpc) is 2.28. The van der Waals surface area contributed by atoms with Crippen LogP contribution in [0.5, 0.6) is 11.5 Å². The molecule has 0 atom stereocenters. The summed E-state index contributed by atoms with van der Waals surface area (Å²) < 4.78 is 5.51. The van der Waals surface area contributed by atoms with Crippen molar-refractivity contribution >= 4 is 29.2 Å². The molecular formula is C13H8Cl2O3. The van der Waals surface area contributed by atoms with Crippen molar-refractivity contribution in [2.24, 2.45) is 0 Å². The predicted molar refractivity (Wildman–Crippen MR) is 69.9 cm³/mol. The predicted octanol–water partition coefficient (Wildman–Crippen LogP) is 4.48. The molecule has 2 rings (SSSR count). The molecule has 3 nitrogen and oxygen atoms in total. The Morgan fingerprint density at radius 3 is 2.06 bits per heavy atom. The molecule has 0 aromatic heterocycles. The van der Waals surface area contributed by atoms with Gasteiger partial charge in [0, 0.05) is 12.1 Å². The Hall–Kier alpha value is -1.71. The Labute approximate surface area is 114 Å². The van der Waals surface area contributed by atoms with E-state index >= 15 is 0 Å². The molecular weight excluding hydrogens is 275 g/mol. The average molecular weight is 283 g/mol. The summed E-state index contributed by atoms with van der Waals surface area (Å²) in [6.45, 7) is 0. The molecule has 0 aliphatic rings. The van der Waals surface area contributed by atoms with Crippen molar-refractivity contribution in [3.8, 4) is 11.5 Å². The van der Waals surface area contributed by atoms with Gasteiger partial charge in [0.2, 0.25) is 0 Å². The third kappa shape index (κ3) is 2.75. The zero-order chi connectivity index (χ0) is 13.1. The maximum Gasteiger partial charge on any atom is 0.338 e. The van der Waals surface area contributed by atoms with Gasteiger partial charge in [-0.3, -0.25) is 0 Å². The third-order valence-corrected chi connectivity index (χ3v) is 2.80. The molecule has 0 bridgehead atoms. The highest BCUT2D eigenvalue weighted by Gasteiger charge is 2.15. The molecule has 92 valence electrons. The van der Waals surface area contributed by atoms with Crippen molar-refractivity contribution in [2.45, 2.75) is 0 Å². The lowest BCUT2D eigenvalue weighted by molar-refractivity contribution is 0.0697. The smallest absolute Gasteiger partial charge is 0.338 e. The number of ether oxygens (including phenoxy) is 1. The van der Waals surface area contributed by atoms with Gasteiger partial charge < -0.3 is 9.84 Å². The Balaban J connectivity index is 2.34. The highest BCUT2D eigenvalue weighted by Crippen LogP contribution is 2.32. The number of carboxylic acids is 1. The molecule has 2 aromatic carbocycles. The molecule has 5 heteroatoms. The van der Waals surface area contributed by atoms with Crippen LogP contribution >= 0.6 is 23.2 Å². The van der Waals surface area contributed by atoms with Crippen LogP contribution in [0.15, 0.2) is 42.5 Å². The number of benzene rings is 2. The molecule has 0 unspecified atom stereocenters. The molecule has 0 spiro atoms. The highest BCUT2D eigenvalue weighted by molar-refractivity contribution is 6.39. The van der Waals surface area contributed by atoms with E-state index in [9.17, 15) is 4.79 Å². The Bertz CT molecular complexity index is 559. The van der Waals surface area contributed by atoms with E-state index in [-0.39, 0.29) is 15.6 Å². The minimum atomic E-state index is -1.17. The fraction of sp³-hybridized carbons (Fsp3) is 0. The van der Waals surface area contributed by atoms with E-state index < -0.39 is 5.97 Å². The standard InChI is InChI=1S/C13H8Cl2O3/c14-10-6-9(7-11(15)12(10)13(16)17)18-8-4-2-1-3-5-8/h1-7H,(H,16,17). The van der Waals surface area contributed by atoms with Crippen LogP contribution < -0.4 is 4.74 Å². The first kappa shape index (κ1) is 12.7. The van der Waals surface area contributed by atoms with Gasteiger partial charge in [0.1, 0.15) is 11.5 Å². The Morgan fingerprint density at radius 1 is 1.00 bits per heavy atom. The van der Waals surface area contributed by atoms with Gasteiger partial charge in [0.05, 0.1) is 15.6 Å². The maximum atomic E-state index is 10.9. The third-order valence-electron chi connectivity index (χ3n) is 2.21. The van der Waals surface area contributed by atoms with Crippen LogP contribution in [0.25, 0.3) is 0 Å². The summed E-state index contributed by atoms with van der Waals surface area (Å²) in [7, 11) is 0. The maximum absolute atomic E-state index is 10.9. The quantitative estimate of drug-likeness (QED) is 0.903. The second-order valence-electron chi connectivity index (χ2n) is 3.48. The first-order chi connectivity index (χ1) is 8.58. The normalized spacial score (nSPS) is 10.1. The van der Waals surface area contributed by atoms with Crippen LogP contribution in [0.1, 0.15) is 10.4 Å². The summed E-state index contributed by atoms with van der Waals surface area (Å²) in [5, 5.41) is 9.00. The molecule has 0 aliphatic heterocycles. The van der Waals surface area contributed by atoms with Gasteiger partial charge in [-0.05, 0) is 12.1 Å². The fourth-order valence-corrected chi connectivity index (χ4v) is 2.07. The molecule has 0 saturated heterocycles. The summed E-state index contributed by atoms with van der Waals surface area (Å²) in [6.07, 6.45) is 0. The number of hydrogen-bond donors (Lipinski definition) is 1. The lowest BCUT2D eigenvalue weighted by Crippen LogP contribution is -1.99. The second kappa shape index (κ2) is 5.29. The minimum absolute atomic E-state index is 0.0425. The number of hydrogen-bond acceptors (Lipinski definition) is 2. The molecule has 1 N–H and O–H groups in total. The molecule has 0 aliphatic carbocycles.